The maximum atomic E-state index is 4.64. The largest absolute Gasteiger partial charge is 1.00 e. The fraction of sp³-hybridized carbons (Fsp3) is 0. The molecule has 170 valence electrons. The Labute approximate surface area is 240 Å². The monoisotopic (exact) mass is 695 g/mol. The quantitative estimate of drug-likeness (QED) is 0.198. The molecule has 0 aliphatic rings. The lowest BCUT2D eigenvalue weighted by atomic mass is 9.94. The Balaban J connectivity index is 0.00000127. The van der Waals surface area contributed by atoms with Gasteiger partial charge in [0.25, 0.3) is 0 Å². The number of pyridine rings is 3. The zero-order chi connectivity index (χ0) is 21.8. The van der Waals surface area contributed by atoms with E-state index in [9.17, 15) is 0 Å². The van der Waals surface area contributed by atoms with Crippen molar-refractivity contribution in [2.75, 3.05) is 0 Å². The Morgan fingerprint density at radius 3 is 2.34 bits per heavy atom. The van der Waals surface area contributed by atoms with E-state index in [-0.39, 0.29) is 48.0 Å². The Morgan fingerprint density at radius 1 is 0.629 bits per heavy atom. The number of H-pyrrole nitrogens is 2. The topological polar surface area (TPSA) is 41.2 Å². The first-order valence-corrected chi connectivity index (χ1v) is 11.8. The molecule has 0 bridgehead atoms. The standard InChI is InChI=1S/C29H17N3S.2HI/c1-2-15-30-22(9-1)28-19(6-4-16-31-28)12-11-18-13-14-24-27-25(18)29-21(8-5-17-32-29)20-7-3-10-23(33-24)26(20)27;;/h1-17H;2*1H/b12-11+;;. The predicted octanol–water partition coefficient (Wildman–Crippen LogP) is 0.667. The highest BCUT2D eigenvalue weighted by atomic mass is 127. The van der Waals surface area contributed by atoms with Crippen molar-refractivity contribution < 1.29 is 57.9 Å². The van der Waals surface area contributed by atoms with Gasteiger partial charge in [-0.2, -0.15) is 0 Å². The summed E-state index contributed by atoms with van der Waals surface area (Å²) in [6.45, 7) is 0. The van der Waals surface area contributed by atoms with Gasteiger partial charge in [0, 0.05) is 50.1 Å². The molecule has 35 heavy (non-hydrogen) atoms. The lowest BCUT2D eigenvalue weighted by Gasteiger charge is -2.08. The van der Waals surface area contributed by atoms with Crippen LogP contribution in [0.25, 0.3) is 65.4 Å². The third kappa shape index (κ3) is 3.88. The molecule has 3 aromatic carbocycles. The van der Waals surface area contributed by atoms with Crippen molar-refractivity contribution in [2.45, 2.75) is 0 Å². The number of fused-ring (bicyclic) bond motifs is 3. The van der Waals surface area contributed by atoms with E-state index in [0.717, 1.165) is 17.0 Å². The third-order valence-electron chi connectivity index (χ3n) is 6.34. The molecule has 0 radical (unpaired) electrons. The highest BCUT2D eigenvalue weighted by Gasteiger charge is 2.20. The molecule has 0 amide bonds. The summed E-state index contributed by atoms with van der Waals surface area (Å²) in [5.41, 5.74) is 5.41. The zero-order valence-electron chi connectivity index (χ0n) is 18.4. The SMILES string of the molecule is C(=C\c1ccc2sc3cccc4c5ccc[nH+]c5c1c2c34)/c1cccnc1-c1cccc[nH+]1.[I-].[I-]. The van der Waals surface area contributed by atoms with Crippen LogP contribution in [0.5, 0.6) is 0 Å². The third-order valence-corrected chi connectivity index (χ3v) is 7.46. The number of aromatic amines is 2. The van der Waals surface area contributed by atoms with Gasteiger partial charge in [-0.05, 0) is 41.3 Å². The van der Waals surface area contributed by atoms with Crippen LogP contribution in [0.4, 0.5) is 0 Å². The van der Waals surface area contributed by atoms with Crippen LogP contribution in [0, 0.1) is 0 Å². The minimum absolute atomic E-state index is 0. The Morgan fingerprint density at radius 2 is 1.46 bits per heavy atom. The molecule has 0 unspecified atom stereocenters. The van der Waals surface area contributed by atoms with Gasteiger partial charge in [-0.3, -0.25) is 0 Å². The van der Waals surface area contributed by atoms with Crippen LogP contribution in [-0.2, 0) is 0 Å². The van der Waals surface area contributed by atoms with E-state index in [1.807, 2.05) is 48.1 Å². The molecule has 6 heteroatoms. The van der Waals surface area contributed by atoms with Crippen LogP contribution in [0.1, 0.15) is 11.1 Å². The lowest BCUT2D eigenvalue weighted by molar-refractivity contribution is -0.364. The number of thiophene rings is 1. The van der Waals surface area contributed by atoms with Crippen molar-refractivity contribution in [3.8, 4) is 11.4 Å². The van der Waals surface area contributed by atoms with Crippen molar-refractivity contribution in [1.29, 1.82) is 0 Å². The highest BCUT2D eigenvalue weighted by Crippen LogP contribution is 2.45. The average Bonchev–Trinajstić information content (AvgIpc) is 3.27. The number of aromatic nitrogens is 3. The van der Waals surface area contributed by atoms with Crippen molar-refractivity contribution >= 4 is 65.3 Å². The Bertz CT molecular complexity index is 1830. The highest BCUT2D eigenvalue weighted by molar-refractivity contribution is 7.26. The molecule has 0 aliphatic heterocycles. The molecule has 7 aromatic rings. The summed E-state index contributed by atoms with van der Waals surface area (Å²) >= 11 is 1.87. The molecule has 4 heterocycles. The summed E-state index contributed by atoms with van der Waals surface area (Å²) in [5, 5.41) is 6.58. The first-order chi connectivity index (χ1) is 16.4. The predicted molar refractivity (Wildman–Crippen MR) is 137 cm³/mol. The molecule has 0 saturated carbocycles. The maximum Gasteiger partial charge on any atom is 0.230 e. The average molecular weight is 695 g/mol. The summed E-state index contributed by atoms with van der Waals surface area (Å²) in [7, 11) is 0. The van der Waals surface area contributed by atoms with E-state index < -0.39 is 0 Å². The van der Waals surface area contributed by atoms with Crippen LogP contribution < -0.4 is 57.9 Å². The van der Waals surface area contributed by atoms with E-state index in [1.54, 1.807) is 0 Å². The molecule has 0 spiro atoms. The number of nitrogens with zero attached hydrogens (tertiary/aromatic N) is 1. The summed E-state index contributed by atoms with van der Waals surface area (Å²) in [6.07, 6.45) is 10.2. The normalized spacial score (nSPS) is 11.4. The zero-order valence-corrected chi connectivity index (χ0v) is 23.6. The molecule has 0 atom stereocenters. The second-order valence-corrected chi connectivity index (χ2v) is 9.28. The lowest BCUT2D eigenvalue weighted by Crippen LogP contribution is -3.00. The van der Waals surface area contributed by atoms with Crippen LogP contribution in [0.3, 0.4) is 0 Å². The molecule has 2 N–H and O–H groups in total. The van der Waals surface area contributed by atoms with Crippen molar-refractivity contribution in [1.82, 2.24) is 4.98 Å². The maximum absolute atomic E-state index is 4.64. The fourth-order valence-corrected chi connectivity index (χ4v) is 6.06. The minimum Gasteiger partial charge on any atom is -1.00 e. The van der Waals surface area contributed by atoms with Gasteiger partial charge in [-0.1, -0.05) is 36.4 Å². The molecule has 3 nitrogen and oxygen atoms in total. The number of halogens is 2. The molecule has 0 saturated heterocycles. The molecular formula is C29H19I2N3S. The summed E-state index contributed by atoms with van der Waals surface area (Å²) in [6, 6.07) is 25.6. The molecular weight excluding hydrogens is 676 g/mol. The van der Waals surface area contributed by atoms with Crippen LogP contribution in [-0.4, -0.2) is 4.98 Å². The Hall–Kier alpha value is -2.69. The van der Waals surface area contributed by atoms with Crippen LogP contribution in [0.15, 0.2) is 91.4 Å². The van der Waals surface area contributed by atoms with Gasteiger partial charge in [0.05, 0.1) is 10.8 Å². The van der Waals surface area contributed by atoms with Gasteiger partial charge in [0.2, 0.25) is 11.2 Å². The number of benzene rings is 3. The van der Waals surface area contributed by atoms with E-state index in [1.165, 1.54) is 47.4 Å². The molecule has 0 fully saturated rings. The van der Waals surface area contributed by atoms with Gasteiger partial charge in [0.1, 0.15) is 5.69 Å². The van der Waals surface area contributed by atoms with Crippen LogP contribution in [0.2, 0.25) is 0 Å². The molecule has 7 rings (SSSR count). The molecule has 4 aromatic heterocycles. The van der Waals surface area contributed by atoms with E-state index in [4.69, 9.17) is 0 Å². The minimum atomic E-state index is 0. The van der Waals surface area contributed by atoms with Gasteiger partial charge >= 0.3 is 0 Å². The summed E-state index contributed by atoms with van der Waals surface area (Å²) < 4.78 is 2.67. The van der Waals surface area contributed by atoms with Gasteiger partial charge in [-0.15, -0.1) is 11.3 Å². The number of hydrogen-bond donors (Lipinski definition) is 0. The van der Waals surface area contributed by atoms with Crippen molar-refractivity contribution in [2.24, 2.45) is 0 Å². The number of rotatable bonds is 3. The fourth-order valence-electron chi connectivity index (χ4n) is 4.92. The van der Waals surface area contributed by atoms with E-state index >= 15 is 0 Å². The number of nitrogens with one attached hydrogen (secondary N) is 2. The first-order valence-electron chi connectivity index (χ1n) is 11.0. The van der Waals surface area contributed by atoms with Gasteiger partial charge in [0.15, 0.2) is 12.4 Å². The van der Waals surface area contributed by atoms with E-state index in [2.05, 4.69) is 81.7 Å². The van der Waals surface area contributed by atoms with Crippen molar-refractivity contribution in [3.63, 3.8) is 0 Å². The van der Waals surface area contributed by atoms with E-state index in [0.29, 0.717) is 0 Å². The summed E-state index contributed by atoms with van der Waals surface area (Å²) in [5.74, 6) is 0. The second kappa shape index (κ2) is 9.75. The smallest absolute Gasteiger partial charge is 0.230 e. The van der Waals surface area contributed by atoms with Crippen molar-refractivity contribution in [3.05, 3.63) is 103 Å². The Kier molecular flexibility index (Phi) is 6.69. The van der Waals surface area contributed by atoms with Gasteiger partial charge in [-0.25, -0.2) is 15.0 Å². The first kappa shape index (κ1) is 24.0. The van der Waals surface area contributed by atoms with Gasteiger partial charge < -0.3 is 48.0 Å². The molecule has 0 aliphatic carbocycles. The summed E-state index contributed by atoms with van der Waals surface area (Å²) in [4.78, 5) is 11.5. The number of hydrogen-bond acceptors (Lipinski definition) is 2. The second-order valence-electron chi connectivity index (χ2n) is 8.19. The van der Waals surface area contributed by atoms with Crippen LogP contribution >= 0.6 is 11.3 Å².